The van der Waals surface area contributed by atoms with Crippen LogP contribution >= 0.6 is 0 Å². The molecule has 0 radical (unpaired) electrons. The second-order valence-corrected chi connectivity index (χ2v) is 5.82. The van der Waals surface area contributed by atoms with Crippen molar-refractivity contribution in [2.45, 2.75) is 13.2 Å². The van der Waals surface area contributed by atoms with Gasteiger partial charge in [-0.25, -0.2) is 0 Å². The van der Waals surface area contributed by atoms with Gasteiger partial charge in [-0.15, -0.1) is 0 Å². The number of aromatic nitrogens is 1. The van der Waals surface area contributed by atoms with Crippen LogP contribution in [0.1, 0.15) is 11.3 Å². The van der Waals surface area contributed by atoms with Gasteiger partial charge in [-0.3, -0.25) is 4.90 Å². The summed E-state index contributed by atoms with van der Waals surface area (Å²) in [5.74, 6) is 0.861. The number of ether oxygens (including phenoxy) is 1. The topological polar surface area (TPSA) is 38.5 Å². The Morgan fingerprint density at radius 3 is 2.46 bits per heavy atom. The molecule has 0 unspecified atom stereocenters. The fourth-order valence-corrected chi connectivity index (χ4v) is 2.46. The van der Waals surface area contributed by atoms with Crippen molar-refractivity contribution in [3.8, 4) is 11.3 Å². The molecule has 0 aliphatic rings. The minimum Gasteiger partial charge on any atom is -0.375 e. The van der Waals surface area contributed by atoms with E-state index in [9.17, 15) is 0 Å². The maximum absolute atomic E-state index is 5.71. The van der Waals surface area contributed by atoms with Crippen LogP contribution in [0.15, 0.2) is 71.3 Å². The van der Waals surface area contributed by atoms with E-state index in [0.29, 0.717) is 19.8 Å². The van der Waals surface area contributed by atoms with E-state index < -0.39 is 0 Å². The summed E-state index contributed by atoms with van der Waals surface area (Å²) in [6, 6.07) is 22.3. The van der Waals surface area contributed by atoms with Gasteiger partial charge in [0.15, 0.2) is 5.76 Å². The van der Waals surface area contributed by atoms with Crippen molar-refractivity contribution >= 4 is 0 Å². The molecule has 0 aliphatic heterocycles. The van der Waals surface area contributed by atoms with E-state index in [1.165, 1.54) is 5.56 Å². The van der Waals surface area contributed by atoms with Gasteiger partial charge in [0.1, 0.15) is 5.69 Å². The summed E-state index contributed by atoms with van der Waals surface area (Å²) >= 11 is 0. The first-order chi connectivity index (χ1) is 11.8. The molecule has 1 heterocycles. The molecule has 0 saturated heterocycles. The van der Waals surface area contributed by atoms with E-state index >= 15 is 0 Å². The molecule has 0 fully saturated rings. The van der Waals surface area contributed by atoms with Crippen molar-refractivity contribution in [3.63, 3.8) is 0 Å². The number of hydrogen-bond acceptors (Lipinski definition) is 4. The van der Waals surface area contributed by atoms with Crippen LogP contribution in [0, 0.1) is 0 Å². The first-order valence-electron chi connectivity index (χ1n) is 8.12. The average molecular weight is 322 g/mol. The molecule has 3 rings (SSSR count). The van der Waals surface area contributed by atoms with E-state index in [4.69, 9.17) is 9.26 Å². The van der Waals surface area contributed by atoms with Crippen molar-refractivity contribution in [1.82, 2.24) is 10.1 Å². The van der Waals surface area contributed by atoms with Crippen LogP contribution in [0.2, 0.25) is 0 Å². The number of likely N-dealkylation sites (N-methyl/N-ethyl adjacent to an activating group) is 1. The largest absolute Gasteiger partial charge is 0.375 e. The van der Waals surface area contributed by atoms with Gasteiger partial charge in [0.05, 0.1) is 19.8 Å². The highest BCUT2D eigenvalue weighted by atomic mass is 16.5. The molecule has 2 aromatic carbocycles. The quantitative estimate of drug-likeness (QED) is 0.588. The van der Waals surface area contributed by atoms with Crippen molar-refractivity contribution in [1.29, 1.82) is 0 Å². The SMILES string of the molecule is CN(CCOCc1ccccc1)Cc1cc(-c2ccccc2)no1. The Hall–Kier alpha value is -2.43. The highest BCUT2D eigenvalue weighted by Gasteiger charge is 2.08. The van der Waals surface area contributed by atoms with Crippen LogP contribution in [-0.2, 0) is 17.9 Å². The van der Waals surface area contributed by atoms with E-state index in [1.807, 2.05) is 54.6 Å². The molecule has 4 heteroatoms. The number of rotatable bonds is 8. The van der Waals surface area contributed by atoms with Crippen LogP contribution in [-0.4, -0.2) is 30.3 Å². The minimum absolute atomic E-state index is 0.648. The molecule has 4 nitrogen and oxygen atoms in total. The van der Waals surface area contributed by atoms with Crippen molar-refractivity contribution < 1.29 is 9.26 Å². The average Bonchev–Trinajstić information content (AvgIpc) is 3.09. The summed E-state index contributed by atoms with van der Waals surface area (Å²) < 4.78 is 11.1. The Bertz CT molecular complexity index is 726. The molecule has 0 spiro atoms. The molecule has 0 aliphatic carbocycles. The lowest BCUT2D eigenvalue weighted by Gasteiger charge is -2.14. The second kappa shape index (κ2) is 8.43. The van der Waals surface area contributed by atoms with E-state index in [1.54, 1.807) is 0 Å². The summed E-state index contributed by atoms with van der Waals surface area (Å²) in [5.41, 5.74) is 3.14. The lowest BCUT2D eigenvalue weighted by molar-refractivity contribution is 0.0956. The number of hydrogen-bond donors (Lipinski definition) is 0. The zero-order chi connectivity index (χ0) is 16.6. The Kier molecular flexibility index (Phi) is 5.77. The molecule has 3 aromatic rings. The lowest BCUT2D eigenvalue weighted by Crippen LogP contribution is -2.22. The normalized spacial score (nSPS) is 11.1. The van der Waals surface area contributed by atoms with Gasteiger partial charge < -0.3 is 9.26 Å². The molecule has 124 valence electrons. The molecule has 0 bridgehead atoms. The van der Waals surface area contributed by atoms with Crippen LogP contribution < -0.4 is 0 Å². The lowest BCUT2D eigenvalue weighted by atomic mass is 10.1. The van der Waals surface area contributed by atoms with E-state index in [-0.39, 0.29) is 0 Å². The van der Waals surface area contributed by atoms with Gasteiger partial charge >= 0.3 is 0 Å². The van der Waals surface area contributed by atoms with Crippen LogP contribution in [0.3, 0.4) is 0 Å². The van der Waals surface area contributed by atoms with E-state index in [2.05, 4.69) is 29.2 Å². The smallest absolute Gasteiger partial charge is 0.151 e. The van der Waals surface area contributed by atoms with Gasteiger partial charge in [-0.2, -0.15) is 0 Å². The van der Waals surface area contributed by atoms with Crippen LogP contribution in [0.5, 0.6) is 0 Å². The molecular weight excluding hydrogens is 300 g/mol. The molecule has 24 heavy (non-hydrogen) atoms. The third kappa shape index (κ3) is 4.78. The Labute approximate surface area is 142 Å². The first-order valence-corrected chi connectivity index (χ1v) is 8.12. The molecule has 0 N–H and O–H groups in total. The molecular formula is C20H22N2O2. The highest BCUT2D eigenvalue weighted by Crippen LogP contribution is 2.19. The predicted octanol–water partition coefficient (Wildman–Crippen LogP) is 3.99. The number of nitrogens with zero attached hydrogens (tertiary/aromatic N) is 2. The summed E-state index contributed by atoms with van der Waals surface area (Å²) in [5, 5.41) is 4.14. The van der Waals surface area contributed by atoms with Crippen molar-refractivity contribution in [3.05, 3.63) is 78.1 Å². The zero-order valence-electron chi connectivity index (χ0n) is 13.9. The van der Waals surface area contributed by atoms with Crippen LogP contribution in [0.4, 0.5) is 0 Å². The maximum atomic E-state index is 5.71. The van der Waals surface area contributed by atoms with Gasteiger partial charge in [0, 0.05) is 18.2 Å². The summed E-state index contributed by atoms with van der Waals surface area (Å²) in [6.07, 6.45) is 0. The van der Waals surface area contributed by atoms with E-state index in [0.717, 1.165) is 23.6 Å². The Morgan fingerprint density at radius 2 is 1.71 bits per heavy atom. The molecule has 0 atom stereocenters. The first kappa shape index (κ1) is 16.4. The molecule has 1 aromatic heterocycles. The Balaban J connectivity index is 1.42. The summed E-state index contributed by atoms with van der Waals surface area (Å²) in [7, 11) is 2.05. The monoisotopic (exact) mass is 322 g/mol. The third-order valence-corrected chi connectivity index (χ3v) is 3.78. The van der Waals surface area contributed by atoms with Crippen LogP contribution in [0.25, 0.3) is 11.3 Å². The fourth-order valence-electron chi connectivity index (χ4n) is 2.46. The van der Waals surface area contributed by atoms with Crippen molar-refractivity contribution in [2.75, 3.05) is 20.2 Å². The standard InChI is InChI=1S/C20H22N2O2/c1-22(12-13-23-16-17-8-4-2-5-9-17)15-19-14-20(21-24-19)18-10-6-3-7-11-18/h2-11,14H,12-13,15-16H2,1H3. The van der Waals surface area contributed by atoms with Gasteiger partial charge in [0.25, 0.3) is 0 Å². The second-order valence-electron chi connectivity index (χ2n) is 5.82. The highest BCUT2D eigenvalue weighted by molar-refractivity contribution is 5.58. The Morgan fingerprint density at radius 1 is 1.00 bits per heavy atom. The fraction of sp³-hybridized carbons (Fsp3) is 0.250. The molecule has 0 amide bonds. The summed E-state index contributed by atoms with van der Waals surface area (Å²) in [6.45, 7) is 2.89. The summed E-state index contributed by atoms with van der Waals surface area (Å²) in [4.78, 5) is 2.17. The maximum Gasteiger partial charge on any atom is 0.151 e. The van der Waals surface area contributed by atoms with Gasteiger partial charge in [0.2, 0.25) is 0 Å². The minimum atomic E-state index is 0.648. The van der Waals surface area contributed by atoms with Crippen molar-refractivity contribution in [2.24, 2.45) is 0 Å². The predicted molar refractivity (Wildman–Crippen MR) is 94.4 cm³/mol. The van der Waals surface area contributed by atoms with Gasteiger partial charge in [-0.05, 0) is 12.6 Å². The van der Waals surface area contributed by atoms with Gasteiger partial charge in [-0.1, -0.05) is 65.8 Å². The number of benzene rings is 2. The third-order valence-electron chi connectivity index (χ3n) is 3.78. The zero-order valence-corrected chi connectivity index (χ0v) is 13.9. The molecule has 0 saturated carbocycles.